The molecule has 2 rings (SSSR count). The average molecular weight is 304 g/mol. The largest absolute Gasteiger partial charge is 0.419 e. The van der Waals surface area contributed by atoms with Crippen LogP contribution < -0.4 is 10.6 Å². The van der Waals surface area contributed by atoms with Crippen LogP contribution in [0, 0.1) is 5.82 Å². The summed E-state index contributed by atoms with van der Waals surface area (Å²) in [5.41, 5.74) is -1.44. The Morgan fingerprint density at radius 1 is 1.24 bits per heavy atom. The van der Waals surface area contributed by atoms with Crippen LogP contribution in [0.2, 0.25) is 0 Å². The van der Waals surface area contributed by atoms with E-state index in [9.17, 15) is 22.4 Å². The quantitative estimate of drug-likeness (QED) is 0.823. The van der Waals surface area contributed by atoms with Gasteiger partial charge in [0.2, 0.25) is 5.91 Å². The second kappa shape index (κ2) is 6.43. The van der Waals surface area contributed by atoms with Gasteiger partial charge in [-0.05, 0) is 37.6 Å². The van der Waals surface area contributed by atoms with Crippen molar-refractivity contribution in [1.29, 1.82) is 0 Å². The first-order valence-electron chi connectivity index (χ1n) is 6.79. The minimum Gasteiger partial charge on any atom is -0.325 e. The van der Waals surface area contributed by atoms with Crippen LogP contribution >= 0.6 is 0 Å². The molecule has 1 saturated heterocycles. The van der Waals surface area contributed by atoms with Crippen LogP contribution in [-0.4, -0.2) is 18.5 Å². The van der Waals surface area contributed by atoms with Gasteiger partial charge in [-0.25, -0.2) is 4.39 Å². The van der Waals surface area contributed by atoms with E-state index in [-0.39, 0.29) is 5.69 Å². The molecule has 1 aliphatic heterocycles. The molecule has 1 unspecified atom stereocenters. The maximum Gasteiger partial charge on any atom is 0.419 e. The van der Waals surface area contributed by atoms with Gasteiger partial charge in [0.25, 0.3) is 0 Å². The third-order valence-corrected chi connectivity index (χ3v) is 3.42. The Bertz CT molecular complexity index is 508. The summed E-state index contributed by atoms with van der Waals surface area (Å²) in [6.45, 7) is 0.704. The van der Waals surface area contributed by atoms with Gasteiger partial charge in [0, 0.05) is 5.69 Å². The lowest BCUT2D eigenvalue weighted by Crippen LogP contribution is -2.39. The number of halogens is 4. The predicted molar refractivity (Wildman–Crippen MR) is 70.3 cm³/mol. The van der Waals surface area contributed by atoms with E-state index in [1.54, 1.807) is 0 Å². The van der Waals surface area contributed by atoms with Crippen LogP contribution in [0.1, 0.15) is 31.2 Å². The molecule has 116 valence electrons. The number of carbonyl (C=O) groups excluding carboxylic acids is 1. The van der Waals surface area contributed by atoms with Crippen molar-refractivity contribution < 1.29 is 22.4 Å². The molecule has 1 amide bonds. The molecule has 3 nitrogen and oxygen atoms in total. The second-order valence-electron chi connectivity index (χ2n) is 5.04. The van der Waals surface area contributed by atoms with Gasteiger partial charge in [0.05, 0.1) is 11.6 Å². The van der Waals surface area contributed by atoms with Crippen molar-refractivity contribution in [1.82, 2.24) is 5.32 Å². The molecule has 0 spiro atoms. The van der Waals surface area contributed by atoms with Crippen molar-refractivity contribution in [2.24, 2.45) is 0 Å². The summed E-state index contributed by atoms with van der Waals surface area (Å²) < 4.78 is 51.0. The highest BCUT2D eigenvalue weighted by atomic mass is 19.4. The van der Waals surface area contributed by atoms with Crippen molar-refractivity contribution >= 4 is 11.6 Å². The minimum atomic E-state index is -4.79. The normalized spacial score (nSPS) is 19.9. The molecule has 1 atom stereocenters. The molecule has 1 fully saturated rings. The third kappa shape index (κ3) is 4.17. The van der Waals surface area contributed by atoms with E-state index in [2.05, 4.69) is 10.6 Å². The summed E-state index contributed by atoms with van der Waals surface area (Å²) in [6.07, 6.45) is -1.27. The molecule has 1 heterocycles. The standard InChI is InChI=1S/C14H16F4N2O/c15-11-6-5-9(8-10(11)14(16,17)18)20-13(21)12-4-2-1-3-7-19-12/h5-6,8,12,19H,1-4,7H2,(H,20,21). The zero-order chi connectivity index (χ0) is 15.5. The van der Waals surface area contributed by atoms with Gasteiger partial charge in [-0.1, -0.05) is 12.8 Å². The molecular weight excluding hydrogens is 288 g/mol. The van der Waals surface area contributed by atoms with Crippen LogP contribution in [0.15, 0.2) is 18.2 Å². The number of hydrogen-bond acceptors (Lipinski definition) is 2. The molecule has 1 aromatic rings. The number of benzene rings is 1. The van der Waals surface area contributed by atoms with Crippen LogP contribution in [0.4, 0.5) is 23.2 Å². The molecule has 0 saturated carbocycles. The first kappa shape index (κ1) is 15.8. The molecule has 0 aliphatic carbocycles. The van der Waals surface area contributed by atoms with Gasteiger partial charge in [-0.3, -0.25) is 4.79 Å². The highest BCUT2D eigenvalue weighted by molar-refractivity contribution is 5.94. The number of anilines is 1. The van der Waals surface area contributed by atoms with E-state index in [1.807, 2.05) is 0 Å². The number of carbonyl (C=O) groups is 1. The van der Waals surface area contributed by atoms with Gasteiger partial charge < -0.3 is 10.6 Å². The zero-order valence-corrected chi connectivity index (χ0v) is 11.3. The zero-order valence-electron chi connectivity index (χ0n) is 11.3. The fraction of sp³-hybridized carbons (Fsp3) is 0.500. The van der Waals surface area contributed by atoms with Gasteiger partial charge >= 0.3 is 6.18 Å². The molecule has 0 aromatic heterocycles. The summed E-state index contributed by atoms with van der Waals surface area (Å²) >= 11 is 0. The Labute approximate surface area is 119 Å². The van der Waals surface area contributed by atoms with E-state index < -0.39 is 29.5 Å². The average Bonchev–Trinajstić information content (AvgIpc) is 2.68. The first-order chi connectivity index (χ1) is 9.88. The Morgan fingerprint density at radius 2 is 2.00 bits per heavy atom. The van der Waals surface area contributed by atoms with Crippen molar-refractivity contribution in [3.63, 3.8) is 0 Å². The topological polar surface area (TPSA) is 41.1 Å². The van der Waals surface area contributed by atoms with Crippen LogP contribution in [0.5, 0.6) is 0 Å². The molecule has 21 heavy (non-hydrogen) atoms. The van der Waals surface area contributed by atoms with E-state index in [4.69, 9.17) is 0 Å². The van der Waals surface area contributed by atoms with Crippen molar-refractivity contribution in [2.45, 2.75) is 37.9 Å². The molecule has 1 aromatic carbocycles. The highest BCUT2D eigenvalue weighted by Gasteiger charge is 2.34. The lowest BCUT2D eigenvalue weighted by Gasteiger charge is -2.16. The summed E-state index contributed by atoms with van der Waals surface area (Å²) in [6, 6.07) is 2.02. The molecule has 0 bridgehead atoms. The fourth-order valence-corrected chi connectivity index (χ4v) is 2.30. The summed E-state index contributed by atoms with van der Waals surface area (Å²) in [4.78, 5) is 12.0. The lowest BCUT2D eigenvalue weighted by molar-refractivity contribution is -0.140. The van der Waals surface area contributed by atoms with Gasteiger partial charge in [-0.15, -0.1) is 0 Å². The lowest BCUT2D eigenvalue weighted by atomic mass is 10.1. The Morgan fingerprint density at radius 3 is 2.71 bits per heavy atom. The van der Waals surface area contributed by atoms with Gasteiger partial charge in [-0.2, -0.15) is 13.2 Å². The van der Waals surface area contributed by atoms with E-state index >= 15 is 0 Å². The summed E-state index contributed by atoms with van der Waals surface area (Å²) in [5.74, 6) is -1.75. The van der Waals surface area contributed by atoms with Crippen LogP contribution in [0.3, 0.4) is 0 Å². The maximum absolute atomic E-state index is 13.2. The monoisotopic (exact) mass is 304 g/mol. The van der Waals surface area contributed by atoms with E-state index in [0.717, 1.165) is 25.3 Å². The second-order valence-corrected chi connectivity index (χ2v) is 5.04. The van der Waals surface area contributed by atoms with E-state index in [0.29, 0.717) is 25.1 Å². The Kier molecular flexibility index (Phi) is 4.82. The third-order valence-electron chi connectivity index (χ3n) is 3.42. The predicted octanol–water partition coefficient (Wildman–Crippen LogP) is 3.32. The number of rotatable bonds is 2. The number of amides is 1. The molecule has 2 N–H and O–H groups in total. The highest BCUT2D eigenvalue weighted by Crippen LogP contribution is 2.33. The minimum absolute atomic E-state index is 0.0558. The summed E-state index contributed by atoms with van der Waals surface area (Å²) in [5, 5.41) is 5.46. The Hall–Kier alpha value is -1.63. The maximum atomic E-state index is 13.2. The molecular formula is C14H16F4N2O. The van der Waals surface area contributed by atoms with Crippen LogP contribution in [-0.2, 0) is 11.0 Å². The number of hydrogen-bond donors (Lipinski definition) is 2. The molecule has 0 radical (unpaired) electrons. The Balaban J connectivity index is 2.10. The molecule has 1 aliphatic rings. The first-order valence-corrected chi connectivity index (χ1v) is 6.79. The van der Waals surface area contributed by atoms with Gasteiger partial charge in [0.15, 0.2) is 0 Å². The molecule has 7 heteroatoms. The smallest absolute Gasteiger partial charge is 0.325 e. The number of alkyl halides is 3. The number of nitrogens with one attached hydrogen (secondary N) is 2. The fourth-order valence-electron chi connectivity index (χ4n) is 2.30. The van der Waals surface area contributed by atoms with Crippen molar-refractivity contribution in [2.75, 3.05) is 11.9 Å². The van der Waals surface area contributed by atoms with Crippen molar-refractivity contribution in [3.8, 4) is 0 Å². The van der Waals surface area contributed by atoms with Gasteiger partial charge in [0.1, 0.15) is 5.82 Å². The van der Waals surface area contributed by atoms with E-state index in [1.165, 1.54) is 0 Å². The van der Waals surface area contributed by atoms with Crippen molar-refractivity contribution in [3.05, 3.63) is 29.6 Å². The van der Waals surface area contributed by atoms with Crippen LogP contribution in [0.25, 0.3) is 0 Å². The summed E-state index contributed by atoms with van der Waals surface area (Å²) in [7, 11) is 0. The SMILES string of the molecule is O=C(Nc1ccc(F)c(C(F)(F)F)c1)C1CCCCCN1.